The molecule has 0 unspecified atom stereocenters. The Morgan fingerprint density at radius 2 is 0.831 bits per heavy atom. The predicted molar refractivity (Wildman–Crippen MR) is 256 cm³/mol. The van der Waals surface area contributed by atoms with E-state index in [9.17, 15) is 0 Å². The van der Waals surface area contributed by atoms with Crippen molar-refractivity contribution in [2.45, 2.75) is 53.4 Å². The molecule has 11 rings (SSSR count). The maximum atomic E-state index is 2.59. The lowest BCUT2D eigenvalue weighted by molar-refractivity contribution is 1.13. The lowest BCUT2D eigenvalue weighted by atomic mass is 9.33. The number of anilines is 6. The second kappa shape index (κ2) is 14.1. The summed E-state index contributed by atoms with van der Waals surface area (Å²) in [4.78, 5) is 5.12. The molecule has 284 valence electrons. The molecule has 0 saturated carbocycles. The van der Waals surface area contributed by atoms with Crippen LogP contribution in [0.5, 0.6) is 0 Å². The van der Waals surface area contributed by atoms with Gasteiger partial charge in [-0.05, 0) is 157 Å². The summed E-state index contributed by atoms with van der Waals surface area (Å²) in [5.74, 6) is 0. The first-order valence-electron chi connectivity index (χ1n) is 21.6. The van der Waals surface area contributed by atoms with Gasteiger partial charge in [0.25, 0.3) is 6.71 Å². The minimum absolute atomic E-state index is 0.102. The van der Waals surface area contributed by atoms with E-state index >= 15 is 0 Å². The summed E-state index contributed by atoms with van der Waals surface area (Å²) < 4.78 is 0. The Hall–Kier alpha value is -6.58. The highest BCUT2D eigenvalue weighted by Crippen LogP contribution is 2.47. The topological polar surface area (TPSA) is 6.48 Å². The number of rotatable bonds is 7. The van der Waals surface area contributed by atoms with E-state index in [1.165, 1.54) is 116 Å². The Kier molecular flexibility index (Phi) is 8.48. The molecule has 9 aromatic carbocycles. The smallest absolute Gasteiger partial charge is 0.252 e. The largest absolute Gasteiger partial charge is 0.311 e. The highest BCUT2D eigenvalue weighted by molar-refractivity contribution is 7.00. The zero-order valence-corrected chi connectivity index (χ0v) is 34.4. The quantitative estimate of drug-likeness (QED) is 0.118. The number of hydrogen-bond acceptors (Lipinski definition) is 2. The van der Waals surface area contributed by atoms with Gasteiger partial charge in [-0.15, -0.1) is 0 Å². The van der Waals surface area contributed by atoms with Crippen LogP contribution in [0, 0.1) is 0 Å². The molecule has 0 N–H and O–H groups in total. The molecule has 0 radical (unpaired) electrons. The zero-order chi connectivity index (χ0) is 39.8. The second-order valence-corrected chi connectivity index (χ2v) is 16.4. The lowest BCUT2D eigenvalue weighted by Gasteiger charge is -2.44. The van der Waals surface area contributed by atoms with Crippen LogP contribution in [0.4, 0.5) is 34.1 Å². The number of aryl methyl sites for hydroxylation is 4. The first kappa shape index (κ1) is 35.6. The van der Waals surface area contributed by atoms with Crippen LogP contribution >= 0.6 is 0 Å². The van der Waals surface area contributed by atoms with Gasteiger partial charge >= 0.3 is 0 Å². The van der Waals surface area contributed by atoms with E-state index in [0.717, 1.165) is 25.7 Å². The van der Waals surface area contributed by atoms with Gasteiger partial charge in [-0.25, -0.2) is 0 Å². The molecular formula is C56H47BN2. The van der Waals surface area contributed by atoms with Crippen LogP contribution in [0.25, 0.3) is 43.4 Å². The Labute approximate surface area is 348 Å². The van der Waals surface area contributed by atoms with E-state index in [2.05, 4.69) is 201 Å². The van der Waals surface area contributed by atoms with E-state index in [1.807, 2.05) is 0 Å². The first-order chi connectivity index (χ1) is 29.1. The number of hydrogen-bond donors (Lipinski definition) is 0. The van der Waals surface area contributed by atoms with Crippen molar-refractivity contribution in [2.75, 3.05) is 9.80 Å². The van der Waals surface area contributed by atoms with Crippen LogP contribution < -0.4 is 26.2 Å². The summed E-state index contributed by atoms with van der Waals surface area (Å²) in [6.45, 7) is 9.15. The minimum Gasteiger partial charge on any atom is -0.311 e. The molecule has 3 heteroatoms. The standard InChI is InChI=1S/C56H47BN2/c1-5-36-20-26-41(27-21-36)58-52-30-23-38(7-3)33-49(52)57-50-34-39(8-4)24-31-53(50)59(55-19-13-18-54(58)56(55)57)51-29-22-37(6-2)32-47(51)40-25-28-46-44-16-10-9-14-42(44)43-15-11-12-17-45(43)48(46)35-40/h9-35H,5-8H2,1-4H3. The molecule has 2 aliphatic heterocycles. The molecule has 0 amide bonds. The fourth-order valence-corrected chi connectivity index (χ4v) is 10.2. The third kappa shape index (κ3) is 5.48. The Morgan fingerprint density at radius 3 is 1.41 bits per heavy atom. The van der Waals surface area contributed by atoms with E-state index in [1.54, 1.807) is 0 Å². The Bertz CT molecular complexity index is 3090. The molecule has 2 heterocycles. The highest BCUT2D eigenvalue weighted by atomic mass is 15.2. The highest BCUT2D eigenvalue weighted by Gasteiger charge is 2.43. The van der Waals surface area contributed by atoms with Gasteiger partial charge in [-0.1, -0.05) is 137 Å². The van der Waals surface area contributed by atoms with Crippen molar-refractivity contribution in [3.8, 4) is 11.1 Å². The van der Waals surface area contributed by atoms with Crippen molar-refractivity contribution in [1.82, 2.24) is 0 Å². The summed E-state index contributed by atoms with van der Waals surface area (Å²) in [7, 11) is 0. The number of fused-ring (bicyclic) bond motifs is 10. The van der Waals surface area contributed by atoms with Gasteiger partial charge in [0.05, 0.1) is 5.69 Å². The van der Waals surface area contributed by atoms with Crippen LogP contribution in [0.3, 0.4) is 0 Å². The maximum absolute atomic E-state index is 2.59. The molecule has 0 aliphatic carbocycles. The Balaban J connectivity index is 1.19. The fraction of sp³-hybridized carbons (Fsp3) is 0.143. The van der Waals surface area contributed by atoms with Crippen LogP contribution in [0.15, 0.2) is 164 Å². The summed E-state index contributed by atoms with van der Waals surface area (Å²) in [5, 5.41) is 7.79. The molecule has 0 atom stereocenters. The van der Waals surface area contributed by atoms with Crippen molar-refractivity contribution in [1.29, 1.82) is 0 Å². The van der Waals surface area contributed by atoms with Gasteiger partial charge in [0, 0.05) is 34.0 Å². The molecule has 2 nitrogen and oxygen atoms in total. The van der Waals surface area contributed by atoms with Gasteiger partial charge < -0.3 is 9.80 Å². The van der Waals surface area contributed by atoms with Crippen LogP contribution in [-0.2, 0) is 25.7 Å². The van der Waals surface area contributed by atoms with Crippen molar-refractivity contribution < 1.29 is 0 Å². The average molecular weight is 759 g/mol. The molecule has 0 bridgehead atoms. The normalized spacial score (nSPS) is 12.9. The van der Waals surface area contributed by atoms with Gasteiger partial charge in [0.15, 0.2) is 0 Å². The summed E-state index contributed by atoms with van der Waals surface area (Å²) >= 11 is 0. The minimum atomic E-state index is 0.102. The van der Waals surface area contributed by atoms with Crippen molar-refractivity contribution in [3.05, 3.63) is 186 Å². The maximum Gasteiger partial charge on any atom is 0.252 e. The fourth-order valence-electron chi connectivity index (χ4n) is 10.2. The van der Waals surface area contributed by atoms with Crippen LogP contribution in [0.2, 0.25) is 0 Å². The molecule has 2 aliphatic rings. The number of benzene rings is 9. The summed E-state index contributed by atoms with van der Waals surface area (Å²) in [6, 6.07) is 62.8. The van der Waals surface area contributed by atoms with Crippen molar-refractivity contribution in [3.63, 3.8) is 0 Å². The average Bonchev–Trinajstić information content (AvgIpc) is 3.31. The monoisotopic (exact) mass is 758 g/mol. The molecular weight excluding hydrogens is 711 g/mol. The zero-order valence-electron chi connectivity index (χ0n) is 34.4. The molecule has 0 saturated heterocycles. The Morgan fingerprint density at radius 1 is 0.356 bits per heavy atom. The van der Waals surface area contributed by atoms with E-state index < -0.39 is 0 Å². The van der Waals surface area contributed by atoms with E-state index in [0.29, 0.717) is 0 Å². The predicted octanol–water partition coefficient (Wildman–Crippen LogP) is 13.1. The summed E-state index contributed by atoms with van der Waals surface area (Å²) in [5.41, 5.74) is 19.5. The summed E-state index contributed by atoms with van der Waals surface area (Å²) in [6.07, 6.45) is 3.98. The number of nitrogens with zero attached hydrogens (tertiary/aromatic N) is 2. The van der Waals surface area contributed by atoms with Crippen LogP contribution in [0.1, 0.15) is 49.9 Å². The van der Waals surface area contributed by atoms with Crippen molar-refractivity contribution >= 4 is 89.5 Å². The second-order valence-electron chi connectivity index (χ2n) is 16.4. The first-order valence-corrected chi connectivity index (χ1v) is 21.6. The third-order valence-electron chi connectivity index (χ3n) is 13.3. The van der Waals surface area contributed by atoms with E-state index in [-0.39, 0.29) is 6.71 Å². The van der Waals surface area contributed by atoms with Gasteiger partial charge in [0.2, 0.25) is 0 Å². The van der Waals surface area contributed by atoms with Crippen molar-refractivity contribution in [2.24, 2.45) is 0 Å². The molecule has 9 aromatic rings. The van der Waals surface area contributed by atoms with E-state index in [4.69, 9.17) is 0 Å². The van der Waals surface area contributed by atoms with Gasteiger partial charge in [0.1, 0.15) is 0 Å². The van der Waals surface area contributed by atoms with Gasteiger partial charge in [-0.3, -0.25) is 0 Å². The molecule has 0 fully saturated rings. The molecule has 59 heavy (non-hydrogen) atoms. The van der Waals surface area contributed by atoms with Crippen LogP contribution in [-0.4, -0.2) is 6.71 Å². The SMILES string of the molecule is CCc1ccc(N2c3ccc(CC)cc3B3c4cc(CC)ccc4N(c4ccc(CC)cc4-c4ccc5c6ccccc6c6ccccc6c5c4)c4cccc2c43)cc1. The lowest BCUT2D eigenvalue weighted by Crippen LogP contribution is -2.61. The third-order valence-corrected chi connectivity index (χ3v) is 13.3. The molecule has 0 aromatic heterocycles. The molecule has 0 spiro atoms. The van der Waals surface area contributed by atoms with Gasteiger partial charge in [-0.2, -0.15) is 0 Å².